The van der Waals surface area contributed by atoms with Gasteiger partial charge in [-0.15, -0.1) is 0 Å². The number of rotatable bonds is 5. The highest BCUT2D eigenvalue weighted by Crippen LogP contribution is 2.00. The predicted octanol–water partition coefficient (Wildman–Crippen LogP) is 1.26. The van der Waals surface area contributed by atoms with Crippen molar-refractivity contribution in [2.24, 2.45) is 0 Å². The van der Waals surface area contributed by atoms with Crippen LogP contribution in [0.2, 0.25) is 0 Å². The van der Waals surface area contributed by atoms with E-state index in [1.807, 2.05) is 0 Å². The van der Waals surface area contributed by atoms with Crippen molar-refractivity contribution in [3.8, 4) is 0 Å². The maximum Gasteiger partial charge on any atom is 0.276 e. The second kappa shape index (κ2) is 4.95. The van der Waals surface area contributed by atoms with Gasteiger partial charge in [-0.25, -0.2) is 4.52 Å². The van der Waals surface area contributed by atoms with Crippen molar-refractivity contribution in [1.29, 1.82) is 0 Å². The molecule has 2 rings (SSSR count). The molecule has 0 saturated carbocycles. The molecule has 5 heteroatoms. The highest BCUT2D eigenvalue weighted by atomic mass is 16.1. The molecule has 0 atom stereocenters. The fourth-order valence-electron chi connectivity index (χ4n) is 1.79. The van der Waals surface area contributed by atoms with Gasteiger partial charge in [-0.1, -0.05) is 0 Å². The van der Waals surface area contributed by atoms with Crippen LogP contribution in [0.15, 0.2) is 29.5 Å². The van der Waals surface area contributed by atoms with E-state index in [2.05, 4.69) is 5.10 Å². The molecule has 2 aromatic rings. The summed E-state index contributed by atoms with van der Waals surface area (Å²) in [4.78, 5) is 22.7. The van der Waals surface area contributed by atoms with Gasteiger partial charge in [0, 0.05) is 25.4 Å². The van der Waals surface area contributed by atoms with Crippen molar-refractivity contribution in [2.45, 2.75) is 32.7 Å². The van der Waals surface area contributed by atoms with Gasteiger partial charge in [0.25, 0.3) is 5.56 Å². The Morgan fingerprint density at radius 2 is 2.18 bits per heavy atom. The third-order valence-electron chi connectivity index (χ3n) is 2.72. The van der Waals surface area contributed by atoms with E-state index in [4.69, 9.17) is 0 Å². The number of carbonyl (C=O) groups is 1. The summed E-state index contributed by atoms with van der Waals surface area (Å²) in [6, 6.07) is 1.70. The number of hydrogen-bond acceptors (Lipinski definition) is 3. The van der Waals surface area contributed by atoms with Crippen molar-refractivity contribution in [3.05, 3.63) is 35.0 Å². The SMILES string of the molecule is CC(=O)CCCCn1ccn2nccc2c1=O. The van der Waals surface area contributed by atoms with Gasteiger partial charge in [-0.3, -0.25) is 4.79 Å². The first-order valence-electron chi connectivity index (χ1n) is 5.71. The Morgan fingerprint density at radius 3 is 2.94 bits per heavy atom. The van der Waals surface area contributed by atoms with E-state index in [0.717, 1.165) is 12.8 Å². The minimum absolute atomic E-state index is 0.0344. The van der Waals surface area contributed by atoms with Crippen LogP contribution in [0.4, 0.5) is 0 Å². The van der Waals surface area contributed by atoms with E-state index < -0.39 is 0 Å². The molecule has 0 spiro atoms. The first kappa shape index (κ1) is 11.6. The molecule has 5 nitrogen and oxygen atoms in total. The quantitative estimate of drug-likeness (QED) is 0.730. The van der Waals surface area contributed by atoms with Crippen molar-refractivity contribution < 1.29 is 4.79 Å². The number of unbranched alkanes of at least 4 members (excludes halogenated alkanes) is 1. The van der Waals surface area contributed by atoms with Crippen LogP contribution in [0.3, 0.4) is 0 Å². The normalized spacial score (nSPS) is 10.9. The molecule has 0 N–H and O–H groups in total. The minimum Gasteiger partial charge on any atom is -0.312 e. The van der Waals surface area contributed by atoms with Gasteiger partial charge in [0.1, 0.15) is 11.3 Å². The van der Waals surface area contributed by atoms with Crippen LogP contribution < -0.4 is 5.56 Å². The van der Waals surface area contributed by atoms with Gasteiger partial charge in [0.05, 0.1) is 6.20 Å². The summed E-state index contributed by atoms with van der Waals surface area (Å²) in [5.74, 6) is 0.198. The lowest BCUT2D eigenvalue weighted by atomic mass is 10.2. The molecule has 0 bridgehead atoms. The molecule has 0 amide bonds. The van der Waals surface area contributed by atoms with Gasteiger partial charge < -0.3 is 9.36 Å². The molecule has 0 aliphatic heterocycles. The molecule has 0 aromatic carbocycles. The summed E-state index contributed by atoms with van der Waals surface area (Å²) in [6.45, 7) is 2.23. The fraction of sp³-hybridized carbons (Fsp3) is 0.417. The zero-order chi connectivity index (χ0) is 12.3. The Kier molecular flexibility index (Phi) is 3.37. The molecule has 2 heterocycles. The van der Waals surface area contributed by atoms with Gasteiger partial charge in [0.15, 0.2) is 0 Å². The maximum absolute atomic E-state index is 12.0. The molecule has 0 saturated heterocycles. The van der Waals surface area contributed by atoms with Gasteiger partial charge in [-0.05, 0) is 25.8 Å². The number of ketones is 1. The van der Waals surface area contributed by atoms with Gasteiger partial charge >= 0.3 is 0 Å². The second-order valence-corrected chi connectivity index (χ2v) is 4.12. The summed E-state index contributed by atoms with van der Waals surface area (Å²) in [5, 5.41) is 4.00. The molecule has 2 aromatic heterocycles. The monoisotopic (exact) mass is 233 g/mol. The van der Waals surface area contributed by atoms with Crippen LogP contribution in [-0.4, -0.2) is 20.0 Å². The lowest BCUT2D eigenvalue weighted by Gasteiger charge is -2.05. The summed E-state index contributed by atoms with van der Waals surface area (Å²) in [7, 11) is 0. The number of Topliss-reactive ketones (excluding diaryl/α,β-unsaturated/α-hetero) is 1. The third kappa shape index (κ3) is 2.61. The largest absolute Gasteiger partial charge is 0.312 e. The van der Waals surface area contributed by atoms with Crippen LogP contribution in [-0.2, 0) is 11.3 Å². The fourth-order valence-corrected chi connectivity index (χ4v) is 1.79. The molecule has 17 heavy (non-hydrogen) atoms. The lowest BCUT2D eigenvalue weighted by Crippen LogP contribution is -2.21. The second-order valence-electron chi connectivity index (χ2n) is 4.12. The Hall–Kier alpha value is -1.91. The summed E-state index contributed by atoms with van der Waals surface area (Å²) in [6.07, 6.45) is 7.36. The highest BCUT2D eigenvalue weighted by molar-refractivity contribution is 5.75. The smallest absolute Gasteiger partial charge is 0.276 e. The van der Waals surface area contributed by atoms with Crippen LogP contribution in [0.1, 0.15) is 26.2 Å². The highest BCUT2D eigenvalue weighted by Gasteiger charge is 2.02. The first-order chi connectivity index (χ1) is 8.18. The third-order valence-corrected chi connectivity index (χ3v) is 2.72. The molecular formula is C12H15N3O2. The van der Waals surface area contributed by atoms with E-state index in [-0.39, 0.29) is 11.3 Å². The molecule has 90 valence electrons. The summed E-state index contributed by atoms with van der Waals surface area (Å²) >= 11 is 0. The van der Waals surface area contributed by atoms with E-state index in [1.165, 1.54) is 0 Å². The lowest BCUT2D eigenvalue weighted by molar-refractivity contribution is -0.117. The molecule has 0 aliphatic carbocycles. The number of aryl methyl sites for hydroxylation is 1. The zero-order valence-corrected chi connectivity index (χ0v) is 9.80. The van der Waals surface area contributed by atoms with Gasteiger partial charge in [-0.2, -0.15) is 5.10 Å². The average molecular weight is 233 g/mol. The zero-order valence-electron chi connectivity index (χ0n) is 9.80. The van der Waals surface area contributed by atoms with Crippen LogP contribution in [0, 0.1) is 0 Å². The molecular weight excluding hydrogens is 218 g/mol. The van der Waals surface area contributed by atoms with Gasteiger partial charge in [0.2, 0.25) is 0 Å². The van der Waals surface area contributed by atoms with Crippen molar-refractivity contribution in [3.63, 3.8) is 0 Å². The Labute approximate surface area is 98.7 Å². The van der Waals surface area contributed by atoms with E-state index >= 15 is 0 Å². The topological polar surface area (TPSA) is 56.4 Å². The average Bonchev–Trinajstić information content (AvgIpc) is 2.75. The minimum atomic E-state index is -0.0344. The van der Waals surface area contributed by atoms with Crippen molar-refractivity contribution >= 4 is 11.3 Å². The van der Waals surface area contributed by atoms with Crippen molar-refractivity contribution in [2.75, 3.05) is 0 Å². The number of fused-ring (bicyclic) bond motifs is 1. The predicted molar refractivity (Wildman–Crippen MR) is 64.0 cm³/mol. The molecule has 0 radical (unpaired) electrons. The Balaban J connectivity index is 2.06. The Bertz CT molecular complexity index is 583. The van der Waals surface area contributed by atoms with E-state index in [0.29, 0.717) is 18.5 Å². The number of nitrogens with zero attached hydrogens (tertiary/aromatic N) is 3. The number of hydrogen-bond donors (Lipinski definition) is 0. The standard InChI is InChI=1S/C12H15N3O2/c1-10(16)4-2-3-7-14-8-9-15-11(12(14)17)5-6-13-15/h5-6,8-9H,2-4,7H2,1H3. The molecule has 0 unspecified atom stereocenters. The van der Waals surface area contributed by atoms with E-state index in [9.17, 15) is 9.59 Å². The molecule has 0 fully saturated rings. The van der Waals surface area contributed by atoms with Crippen LogP contribution in [0.5, 0.6) is 0 Å². The first-order valence-corrected chi connectivity index (χ1v) is 5.71. The number of aromatic nitrogens is 3. The molecule has 0 aliphatic rings. The number of carbonyl (C=O) groups excluding carboxylic acids is 1. The summed E-state index contributed by atoms with van der Waals surface area (Å²) < 4.78 is 3.23. The Morgan fingerprint density at radius 1 is 1.35 bits per heavy atom. The van der Waals surface area contributed by atoms with Crippen molar-refractivity contribution in [1.82, 2.24) is 14.2 Å². The maximum atomic E-state index is 12.0. The van der Waals surface area contributed by atoms with Crippen LogP contribution in [0.25, 0.3) is 5.52 Å². The summed E-state index contributed by atoms with van der Waals surface area (Å²) in [5.41, 5.74) is 0.548. The van der Waals surface area contributed by atoms with E-state index in [1.54, 1.807) is 40.7 Å². The van der Waals surface area contributed by atoms with Crippen LogP contribution >= 0.6 is 0 Å².